The summed E-state index contributed by atoms with van der Waals surface area (Å²) in [5.41, 5.74) is 4.05. The van der Waals surface area contributed by atoms with Gasteiger partial charge in [-0.1, -0.05) is 47.7 Å². The van der Waals surface area contributed by atoms with Crippen molar-refractivity contribution in [1.29, 1.82) is 0 Å². The number of aliphatic hydroxyl groups excluding tert-OH is 1. The van der Waals surface area contributed by atoms with Crippen LogP contribution >= 0.6 is 11.3 Å². The maximum Gasteiger partial charge on any atom is 0.184 e. The van der Waals surface area contributed by atoms with Gasteiger partial charge in [-0.3, -0.25) is 4.98 Å². The number of hydrogen-bond donors (Lipinski definition) is 3. The smallest absolute Gasteiger partial charge is 0.184 e. The molecule has 2 aromatic carbocycles. The molecule has 2 saturated carbocycles. The summed E-state index contributed by atoms with van der Waals surface area (Å²) in [5.74, 6) is 1.97. The van der Waals surface area contributed by atoms with Crippen LogP contribution in [0.4, 0.5) is 10.9 Å². The highest BCUT2D eigenvalue weighted by molar-refractivity contribution is 7.22. The lowest BCUT2D eigenvalue weighted by atomic mass is 10.1. The van der Waals surface area contributed by atoms with Crippen LogP contribution in [0.2, 0.25) is 0 Å². The van der Waals surface area contributed by atoms with E-state index in [9.17, 15) is 5.11 Å². The van der Waals surface area contributed by atoms with Crippen LogP contribution in [0.25, 0.3) is 21.5 Å². The molecule has 2 aliphatic carbocycles. The first-order valence-corrected chi connectivity index (χ1v) is 11.5. The van der Waals surface area contributed by atoms with E-state index in [-0.39, 0.29) is 12.1 Å². The maximum atomic E-state index is 10.3. The van der Waals surface area contributed by atoms with Crippen LogP contribution in [0.5, 0.6) is 0 Å². The van der Waals surface area contributed by atoms with Crippen LogP contribution in [0.3, 0.4) is 0 Å². The fourth-order valence-electron chi connectivity index (χ4n) is 4.56. The van der Waals surface area contributed by atoms with Gasteiger partial charge in [-0.15, -0.1) is 0 Å². The zero-order chi connectivity index (χ0) is 20.8. The number of aliphatic hydroxyl groups is 1. The fraction of sp³-hybridized carbons (Fsp3) is 0.292. The molecule has 31 heavy (non-hydrogen) atoms. The summed E-state index contributed by atoms with van der Waals surface area (Å²) in [4.78, 5) is 13.7. The second-order valence-electron chi connectivity index (χ2n) is 8.47. The molecule has 4 aromatic rings. The van der Waals surface area contributed by atoms with Gasteiger partial charge in [0, 0.05) is 12.1 Å². The molecule has 2 aliphatic rings. The SMILES string of the molecule is O[C@@H]1[C@H]2C[C@H]2C[C@H]1Nc1nc2ccc(CNc3cncc(-c4ccccc4)n3)cc2s1. The van der Waals surface area contributed by atoms with Crippen LogP contribution in [0, 0.1) is 11.8 Å². The Balaban J connectivity index is 1.14. The summed E-state index contributed by atoms with van der Waals surface area (Å²) in [6, 6.07) is 16.5. The Morgan fingerprint density at radius 2 is 1.94 bits per heavy atom. The predicted octanol–water partition coefficient (Wildman–Crippen LogP) is 4.55. The molecule has 0 bridgehead atoms. The highest BCUT2D eigenvalue weighted by Crippen LogP contribution is 2.52. The van der Waals surface area contributed by atoms with Gasteiger partial charge in [0.05, 0.1) is 40.5 Å². The van der Waals surface area contributed by atoms with Crippen molar-refractivity contribution in [2.75, 3.05) is 10.6 Å². The average Bonchev–Trinajstić information content (AvgIpc) is 3.36. The summed E-state index contributed by atoms with van der Waals surface area (Å²) in [6.45, 7) is 0.661. The van der Waals surface area contributed by atoms with Crippen LogP contribution in [-0.2, 0) is 6.54 Å². The lowest BCUT2D eigenvalue weighted by molar-refractivity contribution is 0.148. The van der Waals surface area contributed by atoms with E-state index in [1.54, 1.807) is 23.7 Å². The topological polar surface area (TPSA) is 83.0 Å². The summed E-state index contributed by atoms with van der Waals surface area (Å²) in [5, 5.41) is 18.1. The molecular weight excluding hydrogens is 406 g/mol. The molecule has 0 radical (unpaired) electrons. The van der Waals surface area contributed by atoms with E-state index in [0.29, 0.717) is 18.4 Å². The van der Waals surface area contributed by atoms with Crippen LogP contribution in [-0.4, -0.2) is 32.2 Å². The zero-order valence-electron chi connectivity index (χ0n) is 16.9. The number of fused-ring (bicyclic) bond motifs is 2. The second kappa shape index (κ2) is 7.59. The van der Waals surface area contributed by atoms with Crippen molar-refractivity contribution >= 4 is 32.5 Å². The van der Waals surface area contributed by atoms with Crippen LogP contribution in [0.1, 0.15) is 18.4 Å². The second-order valence-corrected chi connectivity index (χ2v) is 9.50. The summed E-state index contributed by atoms with van der Waals surface area (Å²) in [7, 11) is 0. The van der Waals surface area contributed by atoms with Gasteiger partial charge >= 0.3 is 0 Å². The number of nitrogens with zero attached hydrogens (tertiary/aromatic N) is 3. The molecule has 0 saturated heterocycles. The number of aromatic nitrogens is 3. The molecule has 3 N–H and O–H groups in total. The Morgan fingerprint density at radius 3 is 2.77 bits per heavy atom. The molecule has 7 heteroatoms. The Hall–Kier alpha value is -3.03. The Kier molecular flexibility index (Phi) is 4.58. The fourth-order valence-corrected chi connectivity index (χ4v) is 5.55. The number of benzene rings is 2. The molecule has 0 spiro atoms. The maximum absolute atomic E-state index is 10.3. The van der Waals surface area contributed by atoms with Crippen molar-refractivity contribution in [2.45, 2.75) is 31.5 Å². The van der Waals surface area contributed by atoms with E-state index >= 15 is 0 Å². The molecule has 156 valence electrons. The Labute approximate surface area is 184 Å². The molecule has 2 aromatic heterocycles. The third kappa shape index (κ3) is 3.75. The van der Waals surface area contributed by atoms with E-state index < -0.39 is 0 Å². The number of hydrogen-bond acceptors (Lipinski definition) is 7. The van der Waals surface area contributed by atoms with Crippen molar-refractivity contribution in [1.82, 2.24) is 15.0 Å². The van der Waals surface area contributed by atoms with E-state index in [1.165, 1.54) is 6.42 Å². The number of thiazole rings is 1. The largest absolute Gasteiger partial charge is 0.391 e. The van der Waals surface area contributed by atoms with E-state index in [1.807, 2.05) is 30.3 Å². The highest BCUT2D eigenvalue weighted by Gasteiger charge is 2.53. The van der Waals surface area contributed by atoms with Gasteiger partial charge in [0.15, 0.2) is 5.13 Å². The normalized spacial score (nSPS) is 24.2. The summed E-state index contributed by atoms with van der Waals surface area (Å²) >= 11 is 1.65. The summed E-state index contributed by atoms with van der Waals surface area (Å²) in [6.07, 6.45) is 5.54. The van der Waals surface area contributed by atoms with E-state index in [4.69, 9.17) is 4.98 Å². The monoisotopic (exact) mass is 429 g/mol. The van der Waals surface area contributed by atoms with Gasteiger partial charge in [0.2, 0.25) is 0 Å². The van der Waals surface area contributed by atoms with Crippen molar-refractivity contribution in [3.63, 3.8) is 0 Å². The van der Waals surface area contributed by atoms with Crippen LogP contribution < -0.4 is 10.6 Å². The quantitative estimate of drug-likeness (QED) is 0.417. The van der Waals surface area contributed by atoms with E-state index in [2.05, 4.69) is 38.8 Å². The molecule has 0 amide bonds. The van der Waals surface area contributed by atoms with Gasteiger partial charge in [-0.2, -0.15) is 0 Å². The van der Waals surface area contributed by atoms with Crippen molar-refractivity contribution in [3.8, 4) is 11.3 Å². The molecule has 0 unspecified atom stereocenters. The first kappa shape index (κ1) is 18.7. The lowest BCUT2D eigenvalue weighted by Gasteiger charge is -2.18. The molecule has 6 rings (SSSR count). The van der Waals surface area contributed by atoms with Crippen molar-refractivity contribution < 1.29 is 5.11 Å². The minimum Gasteiger partial charge on any atom is -0.391 e. The first-order chi connectivity index (χ1) is 15.2. The van der Waals surface area contributed by atoms with Gasteiger partial charge < -0.3 is 15.7 Å². The lowest BCUT2D eigenvalue weighted by Crippen LogP contribution is -2.31. The molecule has 2 heterocycles. The third-order valence-electron chi connectivity index (χ3n) is 6.32. The Bertz CT molecular complexity index is 1230. The molecular formula is C24H23N5OS. The highest BCUT2D eigenvalue weighted by atomic mass is 32.1. The van der Waals surface area contributed by atoms with E-state index in [0.717, 1.165) is 44.4 Å². The number of nitrogens with one attached hydrogen (secondary N) is 2. The molecule has 4 atom stereocenters. The first-order valence-electron chi connectivity index (χ1n) is 10.7. The molecule has 2 fully saturated rings. The third-order valence-corrected chi connectivity index (χ3v) is 7.27. The van der Waals surface area contributed by atoms with Crippen LogP contribution in [0.15, 0.2) is 60.9 Å². The standard InChI is InChI=1S/C24H23N5OS/c30-23-17-9-16(17)10-19(23)29-24-28-18-7-6-14(8-21(18)31-24)11-26-22-13-25-12-20(27-22)15-4-2-1-3-5-15/h1-8,12-13,16-17,19,23,30H,9-11H2,(H,26,27)(H,28,29)/t16-,17-,19+,23+/m0/s1. The Morgan fingerprint density at radius 1 is 1.03 bits per heavy atom. The number of anilines is 2. The predicted molar refractivity (Wildman–Crippen MR) is 124 cm³/mol. The van der Waals surface area contributed by atoms with Gasteiger partial charge in [0.25, 0.3) is 0 Å². The average molecular weight is 430 g/mol. The van der Waals surface area contributed by atoms with Gasteiger partial charge in [-0.25, -0.2) is 9.97 Å². The zero-order valence-corrected chi connectivity index (χ0v) is 17.7. The molecule has 6 nitrogen and oxygen atoms in total. The number of rotatable bonds is 6. The van der Waals surface area contributed by atoms with Gasteiger partial charge in [-0.05, 0) is 42.4 Å². The van der Waals surface area contributed by atoms with Crippen molar-refractivity contribution in [2.24, 2.45) is 11.8 Å². The summed E-state index contributed by atoms with van der Waals surface area (Å²) < 4.78 is 1.14. The van der Waals surface area contributed by atoms with Gasteiger partial charge in [0.1, 0.15) is 5.82 Å². The minimum absolute atomic E-state index is 0.140. The van der Waals surface area contributed by atoms with Crippen molar-refractivity contribution in [3.05, 3.63) is 66.5 Å². The minimum atomic E-state index is -0.232. The molecule has 0 aliphatic heterocycles.